The summed E-state index contributed by atoms with van der Waals surface area (Å²) in [6.07, 6.45) is -1.59. The first-order chi connectivity index (χ1) is 17.1. The Balaban J connectivity index is 1.51. The molecule has 2 aliphatic heterocycles. The number of nitrogens with zero attached hydrogens (tertiary/aromatic N) is 2. The average Bonchev–Trinajstić information content (AvgIpc) is 3.07. The van der Waals surface area contributed by atoms with Crippen LogP contribution >= 0.6 is 0 Å². The van der Waals surface area contributed by atoms with Crippen molar-refractivity contribution in [1.29, 1.82) is 0 Å². The largest absolute Gasteiger partial charge is 0.416 e. The minimum Gasteiger partial charge on any atom is -0.395 e. The van der Waals surface area contributed by atoms with Crippen LogP contribution in [-0.4, -0.2) is 61.0 Å². The van der Waals surface area contributed by atoms with E-state index in [1.54, 1.807) is 30.1 Å². The molecule has 10 heteroatoms. The second-order valence-electron chi connectivity index (χ2n) is 8.90. The Morgan fingerprint density at radius 1 is 1.14 bits per heavy atom. The quantitative estimate of drug-likeness (QED) is 0.617. The van der Waals surface area contributed by atoms with Crippen LogP contribution in [0.5, 0.6) is 0 Å². The van der Waals surface area contributed by atoms with Gasteiger partial charge in [0.2, 0.25) is 11.8 Å². The molecule has 2 aromatic carbocycles. The maximum Gasteiger partial charge on any atom is 0.416 e. The summed E-state index contributed by atoms with van der Waals surface area (Å²) in [5.74, 6) is -0.911. The summed E-state index contributed by atoms with van der Waals surface area (Å²) in [6.45, 7) is 0.397. The van der Waals surface area contributed by atoms with Gasteiger partial charge in [-0.3, -0.25) is 14.4 Å². The molecule has 1 spiro atoms. The SMILES string of the molecule is CN1C(=O)C2(CCN(C(=O)/C=C/c3ccccc3C(F)(F)F)CC2)c2cc(C(=O)NCCO)ccc21. The topological polar surface area (TPSA) is 90.0 Å². The molecule has 3 amide bonds. The van der Waals surface area contributed by atoms with Gasteiger partial charge >= 0.3 is 6.18 Å². The van der Waals surface area contributed by atoms with Crippen molar-refractivity contribution in [1.82, 2.24) is 10.2 Å². The van der Waals surface area contributed by atoms with E-state index in [9.17, 15) is 27.6 Å². The van der Waals surface area contributed by atoms with Gasteiger partial charge in [0.15, 0.2) is 0 Å². The molecule has 1 saturated heterocycles. The number of hydrogen-bond acceptors (Lipinski definition) is 4. The maximum atomic E-state index is 13.3. The van der Waals surface area contributed by atoms with Crippen LogP contribution in [0.15, 0.2) is 48.5 Å². The number of fused-ring (bicyclic) bond motifs is 2. The van der Waals surface area contributed by atoms with E-state index in [0.29, 0.717) is 29.7 Å². The lowest BCUT2D eigenvalue weighted by Crippen LogP contribution is -2.49. The van der Waals surface area contributed by atoms with Crippen LogP contribution in [-0.2, 0) is 21.2 Å². The van der Waals surface area contributed by atoms with Gasteiger partial charge in [0.1, 0.15) is 0 Å². The lowest BCUT2D eigenvalue weighted by molar-refractivity contribution is -0.137. The van der Waals surface area contributed by atoms with E-state index in [0.717, 1.165) is 18.2 Å². The predicted octanol–water partition coefficient (Wildman–Crippen LogP) is 2.98. The molecule has 2 aromatic rings. The molecule has 4 rings (SSSR count). The van der Waals surface area contributed by atoms with E-state index in [1.165, 1.54) is 23.1 Å². The Kier molecular flexibility index (Phi) is 6.90. The molecule has 7 nitrogen and oxygen atoms in total. The number of likely N-dealkylation sites (tertiary alicyclic amines) is 1. The standard InChI is InChI=1S/C26H26F3N3O4/c1-31-21-8-6-18(23(35)30-12-15-33)16-20(21)25(24(31)36)10-13-32(14-11-25)22(34)9-7-17-4-2-3-5-19(17)26(27,28)29/h2-9,16,33H,10-15H2,1H3,(H,30,35)/b9-7+. The monoisotopic (exact) mass is 501 g/mol. The number of nitrogens with one attached hydrogen (secondary N) is 1. The number of piperidine rings is 1. The van der Waals surface area contributed by atoms with Gasteiger partial charge in [-0.15, -0.1) is 0 Å². The molecule has 0 atom stereocenters. The minimum absolute atomic E-state index is 0.0969. The number of aliphatic hydroxyl groups excluding tert-OH is 1. The van der Waals surface area contributed by atoms with E-state index in [-0.39, 0.29) is 43.6 Å². The number of alkyl halides is 3. The second kappa shape index (κ2) is 9.77. The summed E-state index contributed by atoms with van der Waals surface area (Å²) in [4.78, 5) is 41.5. The molecular formula is C26H26F3N3O4. The van der Waals surface area contributed by atoms with Crippen molar-refractivity contribution >= 4 is 29.5 Å². The van der Waals surface area contributed by atoms with Crippen molar-refractivity contribution in [3.05, 3.63) is 70.8 Å². The van der Waals surface area contributed by atoms with Crippen molar-refractivity contribution < 1.29 is 32.7 Å². The molecule has 0 unspecified atom stereocenters. The first kappa shape index (κ1) is 25.4. The molecule has 36 heavy (non-hydrogen) atoms. The van der Waals surface area contributed by atoms with Gasteiger partial charge in [-0.25, -0.2) is 0 Å². The van der Waals surface area contributed by atoms with Crippen molar-refractivity contribution in [2.75, 3.05) is 38.2 Å². The third-order valence-corrected chi connectivity index (χ3v) is 6.85. The summed E-state index contributed by atoms with van der Waals surface area (Å²) < 4.78 is 39.7. The summed E-state index contributed by atoms with van der Waals surface area (Å²) >= 11 is 0. The Labute approximate surface area is 206 Å². The fourth-order valence-corrected chi connectivity index (χ4v) is 4.93. The zero-order valence-electron chi connectivity index (χ0n) is 19.6. The van der Waals surface area contributed by atoms with Gasteiger partial charge in [-0.2, -0.15) is 13.2 Å². The van der Waals surface area contributed by atoms with E-state index in [4.69, 9.17) is 5.11 Å². The molecule has 0 radical (unpaired) electrons. The van der Waals surface area contributed by atoms with Gasteiger partial charge in [-0.05, 0) is 54.3 Å². The van der Waals surface area contributed by atoms with Gasteiger partial charge < -0.3 is 20.2 Å². The van der Waals surface area contributed by atoms with E-state index >= 15 is 0 Å². The van der Waals surface area contributed by atoms with Gasteiger partial charge in [0.05, 0.1) is 17.6 Å². The summed E-state index contributed by atoms with van der Waals surface area (Å²) in [6, 6.07) is 10.1. The Hall–Kier alpha value is -3.66. The van der Waals surface area contributed by atoms with Crippen molar-refractivity contribution in [3.8, 4) is 0 Å². The number of hydrogen-bond donors (Lipinski definition) is 2. The Bertz CT molecular complexity index is 1220. The predicted molar refractivity (Wildman–Crippen MR) is 127 cm³/mol. The van der Waals surface area contributed by atoms with Crippen LogP contribution in [0, 0.1) is 0 Å². The summed E-state index contributed by atoms with van der Waals surface area (Å²) in [5, 5.41) is 11.6. The molecule has 1 fully saturated rings. The number of anilines is 1. The number of carbonyl (C=O) groups is 3. The third kappa shape index (κ3) is 4.60. The number of rotatable bonds is 5. The molecule has 0 aromatic heterocycles. The highest BCUT2D eigenvalue weighted by Crippen LogP contribution is 2.47. The van der Waals surface area contributed by atoms with Crippen LogP contribution in [0.4, 0.5) is 18.9 Å². The van der Waals surface area contributed by atoms with Gasteiger partial charge in [0, 0.05) is 44.0 Å². The van der Waals surface area contributed by atoms with Crippen molar-refractivity contribution in [2.45, 2.75) is 24.4 Å². The van der Waals surface area contributed by atoms with E-state index < -0.39 is 23.1 Å². The summed E-state index contributed by atoms with van der Waals surface area (Å²) in [5.41, 5.74) is -0.0206. The molecule has 0 saturated carbocycles. The number of likely N-dealkylation sites (N-methyl/N-ethyl adjacent to an activating group) is 1. The highest BCUT2D eigenvalue weighted by atomic mass is 19.4. The normalized spacial score (nSPS) is 17.1. The minimum atomic E-state index is -4.53. The van der Waals surface area contributed by atoms with Crippen molar-refractivity contribution in [2.24, 2.45) is 0 Å². The first-order valence-electron chi connectivity index (χ1n) is 11.5. The number of amides is 3. The smallest absolute Gasteiger partial charge is 0.395 e. The molecular weight excluding hydrogens is 475 g/mol. The fourth-order valence-electron chi connectivity index (χ4n) is 4.93. The molecule has 0 bridgehead atoms. The lowest BCUT2D eigenvalue weighted by atomic mass is 9.73. The van der Waals surface area contributed by atoms with Crippen LogP contribution < -0.4 is 10.2 Å². The summed E-state index contributed by atoms with van der Waals surface area (Å²) in [7, 11) is 1.67. The fraction of sp³-hybridized carbons (Fsp3) is 0.346. The van der Waals surface area contributed by atoms with Crippen molar-refractivity contribution in [3.63, 3.8) is 0 Å². The number of benzene rings is 2. The zero-order chi connectivity index (χ0) is 26.1. The second-order valence-corrected chi connectivity index (χ2v) is 8.90. The molecule has 0 aliphatic carbocycles. The number of aliphatic hydroxyl groups is 1. The zero-order valence-corrected chi connectivity index (χ0v) is 19.6. The van der Waals surface area contributed by atoms with Crippen LogP contribution in [0.2, 0.25) is 0 Å². The average molecular weight is 502 g/mol. The van der Waals surface area contributed by atoms with Crippen LogP contribution in [0.1, 0.15) is 39.9 Å². The van der Waals surface area contributed by atoms with E-state index in [2.05, 4.69) is 5.32 Å². The Morgan fingerprint density at radius 2 is 1.83 bits per heavy atom. The van der Waals surface area contributed by atoms with Gasteiger partial charge in [-0.1, -0.05) is 18.2 Å². The lowest BCUT2D eigenvalue weighted by Gasteiger charge is -2.38. The van der Waals surface area contributed by atoms with E-state index in [1.807, 2.05) is 0 Å². The van der Waals surface area contributed by atoms with Crippen LogP contribution in [0.25, 0.3) is 6.08 Å². The van der Waals surface area contributed by atoms with Gasteiger partial charge in [0.25, 0.3) is 5.91 Å². The highest BCUT2D eigenvalue weighted by Gasteiger charge is 2.51. The first-order valence-corrected chi connectivity index (χ1v) is 11.5. The molecule has 2 aliphatic rings. The highest BCUT2D eigenvalue weighted by molar-refractivity contribution is 6.09. The molecule has 2 N–H and O–H groups in total. The number of halogens is 3. The third-order valence-electron chi connectivity index (χ3n) is 6.85. The molecule has 2 heterocycles. The maximum absolute atomic E-state index is 13.3. The molecule has 190 valence electrons. The van der Waals surface area contributed by atoms with Crippen LogP contribution in [0.3, 0.4) is 0 Å². The Morgan fingerprint density at radius 3 is 2.50 bits per heavy atom. The number of carbonyl (C=O) groups excluding carboxylic acids is 3.